The van der Waals surface area contributed by atoms with E-state index in [4.69, 9.17) is 5.53 Å². The Morgan fingerprint density at radius 1 is 1.40 bits per heavy atom. The quantitative estimate of drug-likeness (QED) is 0.441. The van der Waals surface area contributed by atoms with E-state index in [2.05, 4.69) is 25.6 Å². The maximum absolute atomic E-state index is 11.7. The van der Waals surface area contributed by atoms with E-state index >= 15 is 0 Å². The summed E-state index contributed by atoms with van der Waals surface area (Å²) in [4.78, 5) is 29.6. The Labute approximate surface area is 116 Å². The van der Waals surface area contributed by atoms with Crippen molar-refractivity contribution in [2.45, 2.75) is 19.9 Å². The topological polar surface area (TPSA) is 120 Å². The van der Waals surface area contributed by atoms with E-state index in [1.807, 2.05) is 6.92 Å². The van der Waals surface area contributed by atoms with Gasteiger partial charge in [0.1, 0.15) is 0 Å². The van der Waals surface area contributed by atoms with E-state index in [0.29, 0.717) is 17.8 Å². The zero-order valence-corrected chi connectivity index (χ0v) is 11.2. The molecule has 0 aliphatic rings. The summed E-state index contributed by atoms with van der Waals surface area (Å²) in [7, 11) is 0. The Kier molecular flexibility index (Phi) is 6.56. The molecule has 0 aliphatic carbocycles. The van der Waals surface area contributed by atoms with Gasteiger partial charge in [-0.25, -0.2) is 0 Å². The fraction of sp³-hybridized carbons (Fsp3) is 0.417. The number of nitrogens with zero attached hydrogens (tertiary/aromatic N) is 4. The van der Waals surface area contributed by atoms with Crippen molar-refractivity contribution in [3.8, 4) is 0 Å². The molecule has 0 spiro atoms. The van der Waals surface area contributed by atoms with E-state index in [1.165, 1.54) is 6.20 Å². The average molecular weight is 276 g/mol. The van der Waals surface area contributed by atoms with Gasteiger partial charge in [0.15, 0.2) is 0 Å². The lowest BCUT2D eigenvalue weighted by molar-refractivity contribution is -0.120. The van der Waals surface area contributed by atoms with Crippen LogP contribution in [-0.4, -0.2) is 29.9 Å². The molecule has 0 atom stereocenters. The second kappa shape index (κ2) is 8.49. The number of nitrogens with one attached hydrogen (secondary N) is 2. The highest BCUT2D eigenvalue weighted by Crippen LogP contribution is 2.02. The first kappa shape index (κ1) is 15.5. The number of amides is 2. The lowest BCUT2D eigenvalue weighted by Gasteiger charge is -2.05. The molecule has 0 unspecified atom stereocenters. The van der Waals surface area contributed by atoms with Gasteiger partial charge in [0.2, 0.25) is 5.91 Å². The van der Waals surface area contributed by atoms with Crippen LogP contribution in [0.3, 0.4) is 0 Å². The lowest BCUT2D eigenvalue weighted by Crippen LogP contribution is -2.30. The highest BCUT2D eigenvalue weighted by molar-refractivity contribution is 5.94. The van der Waals surface area contributed by atoms with Gasteiger partial charge in [-0.1, -0.05) is 5.11 Å². The molecule has 1 aromatic heterocycles. The molecule has 0 saturated carbocycles. The summed E-state index contributed by atoms with van der Waals surface area (Å²) in [6, 6.07) is 3.21. The summed E-state index contributed by atoms with van der Waals surface area (Å²) in [5, 5.41) is 8.65. The van der Waals surface area contributed by atoms with Crippen LogP contribution < -0.4 is 10.6 Å². The Morgan fingerprint density at radius 2 is 2.20 bits per heavy atom. The normalized spacial score (nSPS) is 9.45. The first-order valence-corrected chi connectivity index (χ1v) is 6.18. The van der Waals surface area contributed by atoms with Crippen molar-refractivity contribution in [1.29, 1.82) is 0 Å². The molecule has 2 amide bonds. The van der Waals surface area contributed by atoms with Gasteiger partial charge in [-0.05, 0) is 24.6 Å². The number of rotatable bonds is 7. The van der Waals surface area contributed by atoms with Gasteiger partial charge in [-0.3, -0.25) is 14.6 Å². The second-order valence-corrected chi connectivity index (χ2v) is 3.89. The standard InChI is InChI=1S/C12H16N6O2/c1-2-14-11(19)5-6-15-12(20)9-3-4-10(16-7-9)8-17-18-13/h3-4,7H,2,5-6,8H2,1H3,(H,14,19)(H,15,20). The summed E-state index contributed by atoms with van der Waals surface area (Å²) in [5.74, 6) is -0.396. The molecule has 0 bridgehead atoms. The fourth-order valence-electron chi connectivity index (χ4n) is 1.43. The lowest BCUT2D eigenvalue weighted by atomic mass is 10.2. The molecule has 1 rings (SSSR count). The van der Waals surface area contributed by atoms with Gasteiger partial charge in [-0.15, -0.1) is 0 Å². The molecule has 8 nitrogen and oxygen atoms in total. The Bertz CT molecular complexity index is 507. The molecule has 1 aromatic rings. The van der Waals surface area contributed by atoms with Gasteiger partial charge in [0, 0.05) is 36.3 Å². The van der Waals surface area contributed by atoms with Gasteiger partial charge < -0.3 is 10.6 Å². The molecule has 0 aromatic carbocycles. The summed E-state index contributed by atoms with van der Waals surface area (Å²) < 4.78 is 0. The molecular weight excluding hydrogens is 260 g/mol. The molecule has 0 aliphatic heterocycles. The van der Waals surface area contributed by atoms with Gasteiger partial charge in [-0.2, -0.15) is 0 Å². The molecule has 106 valence electrons. The van der Waals surface area contributed by atoms with E-state index in [-0.39, 0.29) is 31.3 Å². The van der Waals surface area contributed by atoms with Crippen LogP contribution in [0.5, 0.6) is 0 Å². The number of azide groups is 1. The smallest absolute Gasteiger partial charge is 0.252 e. The Morgan fingerprint density at radius 3 is 2.80 bits per heavy atom. The molecule has 0 fully saturated rings. The highest BCUT2D eigenvalue weighted by atomic mass is 16.2. The van der Waals surface area contributed by atoms with Gasteiger partial charge in [0.05, 0.1) is 12.1 Å². The zero-order chi connectivity index (χ0) is 14.8. The van der Waals surface area contributed by atoms with Crippen molar-refractivity contribution in [2.75, 3.05) is 13.1 Å². The van der Waals surface area contributed by atoms with Crippen molar-refractivity contribution >= 4 is 11.8 Å². The van der Waals surface area contributed by atoms with E-state index in [0.717, 1.165) is 0 Å². The molecule has 8 heteroatoms. The van der Waals surface area contributed by atoms with Crippen molar-refractivity contribution < 1.29 is 9.59 Å². The number of carbonyl (C=O) groups is 2. The van der Waals surface area contributed by atoms with Crippen LogP contribution >= 0.6 is 0 Å². The Hall–Kier alpha value is -2.60. The predicted octanol–water partition coefficient (Wildman–Crippen LogP) is 1.15. The third-order valence-corrected chi connectivity index (χ3v) is 2.39. The maximum atomic E-state index is 11.7. The minimum absolute atomic E-state index is 0.101. The monoisotopic (exact) mass is 276 g/mol. The molecular formula is C12H16N6O2. The maximum Gasteiger partial charge on any atom is 0.252 e. The summed E-state index contributed by atoms with van der Waals surface area (Å²) >= 11 is 0. The first-order valence-electron chi connectivity index (χ1n) is 6.18. The van der Waals surface area contributed by atoms with Crippen LogP contribution in [0.1, 0.15) is 29.4 Å². The van der Waals surface area contributed by atoms with E-state index in [1.54, 1.807) is 12.1 Å². The SMILES string of the molecule is CCNC(=O)CCNC(=O)c1ccc(CN=[N+]=[N-])nc1. The van der Waals surface area contributed by atoms with Crippen LogP contribution in [0.25, 0.3) is 10.4 Å². The number of pyridine rings is 1. The predicted molar refractivity (Wildman–Crippen MR) is 72.7 cm³/mol. The number of aromatic nitrogens is 1. The van der Waals surface area contributed by atoms with Crippen LogP contribution in [0, 0.1) is 0 Å². The molecule has 0 saturated heterocycles. The second-order valence-electron chi connectivity index (χ2n) is 3.89. The van der Waals surface area contributed by atoms with E-state index < -0.39 is 0 Å². The van der Waals surface area contributed by atoms with Crippen LogP contribution in [0.15, 0.2) is 23.4 Å². The number of hydrogen-bond acceptors (Lipinski definition) is 4. The molecule has 20 heavy (non-hydrogen) atoms. The van der Waals surface area contributed by atoms with E-state index in [9.17, 15) is 9.59 Å². The largest absolute Gasteiger partial charge is 0.356 e. The van der Waals surface area contributed by atoms with Crippen molar-refractivity contribution in [3.63, 3.8) is 0 Å². The minimum Gasteiger partial charge on any atom is -0.356 e. The summed E-state index contributed by atoms with van der Waals surface area (Å²) in [6.45, 7) is 2.82. The van der Waals surface area contributed by atoms with Crippen LogP contribution in [0.4, 0.5) is 0 Å². The van der Waals surface area contributed by atoms with Gasteiger partial charge in [0.25, 0.3) is 5.91 Å². The average Bonchev–Trinajstić information content (AvgIpc) is 2.46. The third-order valence-electron chi connectivity index (χ3n) is 2.39. The number of carbonyl (C=O) groups excluding carboxylic acids is 2. The zero-order valence-electron chi connectivity index (χ0n) is 11.2. The first-order chi connectivity index (χ1) is 9.67. The summed E-state index contributed by atoms with van der Waals surface area (Å²) in [6.07, 6.45) is 1.64. The van der Waals surface area contributed by atoms with Crippen molar-refractivity contribution in [3.05, 3.63) is 40.0 Å². The highest BCUT2D eigenvalue weighted by Gasteiger charge is 2.06. The minimum atomic E-state index is -0.294. The molecule has 2 N–H and O–H groups in total. The molecule has 1 heterocycles. The van der Waals surface area contributed by atoms with Crippen molar-refractivity contribution in [2.24, 2.45) is 5.11 Å². The third kappa shape index (κ3) is 5.36. The van der Waals surface area contributed by atoms with Crippen LogP contribution in [0.2, 0.25) is 0 Å². The fourth-order valence-corrected chi connectivity index (χ4v) is 1.43. The van der Waals surface area contributed by atoms with Gasteiger partial charge >= 0.3 is 0 Å². The number of hydrogen-bond donors (Lipinski definition) is 2. The van der Waals surface area contributed by atoms with Crippen molar-refractivity contribution in [1.82, 2.24) is 15.6 Å². The summed E-state index contributed by atoms with van der Waals surface area (Å²) in [5.41, 5.74) is 9.16. The van der Waals surface area contributed by atoms with Crippen LogP contribution in [-0.2, 0) is 11.3 Å². The Balaban J connectivity index is 2.43. The molecule has 0 radical (unpaired) electrons.